The molecule has 7 heteroatoms. The topological polar surface area (TPSA) is 96.9 Å². The fourth-order valence-electron chi connectivity index (χ4n) is 2.33. The Balaban J connectivity index is 1.89. The molecule has 1 aliphatic rings. The van der Waals surface area contributed by atoms with Gasteiger partial charge in [0.05, 0.1) is 0 Å². The SMILES string of the molecule is CCC1(CC)Oc2ccc(NC(=O)NCCCC(=O)O)cc2O1. The molecule has 0 aliphatic carbocycles. The van der Waals surface area contributed by atoms with Crippen molar-refractivity contribution in [2.75, 3.05) is 11.9 Å². The first kappa shape index (κ1) is 16.9. The fraction of sp³-hybridized carbons (Fsp3) is 0.500. The van der Waals surface area contributed by atoms with E-state index in [9.17, 15) is 9.59 Å². The molecule has 0 saturated heterocycles. The number of carbonyl (C=O) groups excluding carboxylic acids is 1. The van der Waals surface area contributed by atoms with Gasteiger partial charge in [0.15, 0.2) is 11.5 Å². The minimum Gasteiger partial charge on any atom is -0.481 e. The molecule has 2 rings (SSSR count). The molecule has 2 amide bonds. The van der Waals surface area contributed by atoms with Crippen LogP contribution in [-0.2, 0) is 4.79 Å². The molecule has 0 fully saturated rings. The summed E-state index contributed by atoms with van der Waals surface area (Å²) < 4.78 is 11.7. The molecular formula is C16H22N2O5. The van der Waals surface area contributed by atoms with Crippen molar-refractivity contribution >= 4 is 17.7 Å². The monoisotopic (exact) mass is 322 g/mol. The van der Waals surface area contributed by atoms with Crippen LogP contribution in [0, 0.1) is 0 Å². The Morgan fingerprint density at radius 2 is 1.87 bits per heavy atom. The number of hydrogen-bond donors (Lipinski definition) is 3. The summed E-state index contributed by atoms with van der Waals surface area (Å²) in [6.07, 6.45) is 1.87. The van der Waals surface area contributed by atoms with Crippen LogP contribution >= 0.6 is 0 Å². The summed E-state index contributed by atoms with van der Waals surface area (Å²) in [7, 11) is 0. The lowest BCUT2D eigenvalue weighted by atomic mass is 10.1. The van der Waals surface area contributed by atoms with Crippen LogP contribution in [0.15, 0.2) is 18.2 Å². The van der Waals surface area contributed by atoms with Crippen LogP contribution in [0.2, 0.25) is 0 Å². The summed E-state index contributed by atoms with van der Waals surface area (Å²) in [5.74, 6) is -0.225. The van der Waals surface area contributed by atoms with Gasteiger partial charge in [-0.3, -0.25) is 4.79 Å². The predicted molar refractivity (Wildman–Crippen MR) is 84.9 cm³/mol. The number of anilines is 1. The van der Waals surface area contributed by atoms with Gasteiger partial charge in [-0.2, -0.15) is 0 Å². The van der Waals surface area contributed by atoms with Gasteiger partial charge >= 0.3 is 12.0 Å². The third kappa shape index (κ3) is 4.28. The van der Waals surface area contributed by atoms with Crippen LogP contribution < -0.4 is 20.1 Å². The number of fused-ring (bicyclic) bond motifs is 1. The van der Waals surface area contributed by atoms with Crippen molar-refractivity contribution in [2.24, 2.45) is 0 Å². The van der Waals surface area contributed by atoms with Gasteiger partial charge in [-0.25, -0.2) is 4.79 Å². The number of carboxylic acid groups (broad SMARTS) is 1. The molecule has 23 heavy (non-hydrogen) atoms. The zero-order valence-electron chi connectivity index (χ0n) is 13.3. The number of hydrogen-bond acceptors (Lipinski definition) is 4. The number of rotatable bonds is 7. The molecule has 0 bridgehead atoms. The summed E-state index contributed by atoms with van der Waals surface area (Å²) in [6, 6.07) is 4.84. The van der Waals surface area contributed by atoms with Gasteiger partial charge in [0.2, 0.25) is 0 Å². The molecule has 0 atom stereocenters. The first-order valence-electron chi connectivity index (χ1n) is 7.76. The van der Waals surface area contributed by atoms with Crippen molar-refractivity contribution in [3.8, 4) is 11.5 Å². The van der Waals surface area contributed by atoms with Gasteiger partial charge in [0, 0.05) is 37.6 Å². The van der Waals surface area contributed by atoms with Crippen LogP contribution in [0.25, 0.3) is 0 Å². The van der Waals surface area contributed by atoms with Gasteiger partial charge in [0.25, 0.3) is 5.79 Å². The molecule has 0 aromatic heterocycles. The number of urea groups is 1. The number of ether oxygens (including phenoxy) is 2. The van der Waals surface area contributed by atoms with Crippen molar-refractivity contribution in [1.29, 1.82) is 0 Å². The van der Waals surface area contributed by atoms with Crippen LogP contribution in [-0.4, -0.2) is 29.4 Å². The van der Waals surface area contributed by atoms with Crippen molar-refractivity contribution in [2.45, 2.75) is 45.3 Å². The summed E-state index contributed by atoms with van der Waals surface area (Å²) in [6.45, 7) is 4.30. The lowest BCUT2D eigenvalue weighted by molar-refractivity contribution is -0.137. The Kier molecular flexibility index (Phi) is 5.31. The van der Waals surface area contributed by atoms with Crippen molar-refractivity contribution in [1.82, 2.24) is 5.32 Å². The Labute approximate surface area is 135 Å². The largest absolute Gasteiger partial charge is 0.481 e. The second-order valence-electron chi connectivity index (χ2n) is 5.36. The number of carbonyl (C=O) groups is 2. The summed E-state index contributed by atoms with van der Waals surface area (Å²) in [5, 5.41) is 13.8. The van der Waals surface area contributed by atoms with Gasteiger partial charge in [-0.15, -0.1) is 0 Å². The van der Waals surface area contributed by atoms with Crippen LogP contribution in [0.1, 0.15) is 39.5 Å². The molecule has 3 N–H and O–H groups in total. The van der Waals surface area contributed by atoms with E-state index in [4.69, 9.17) is 14.6 Å². The number of benzene rings is 1. The van der Waals surface area contributed by atoms with Crippen LogP contribution in [0.5, 0.6) is 11.5 Å². The molecule has 1 aliphatic heterocycles. The average Bonchev–Trinajstić information content (AvgIpc) is 2.90. The highest BCUT2D eigenvalue weighted by Gasteiger charge is 2.38. The minimum absolute atomic E-state index is 0.0282. The third-order valence-corrected chi connectivity index (χ3v) is 3.72. The van der Waals surface area contributed by atoms with E-state index in [1.54, 1.807) is 18.2 Å². The molecule has 1 aromatic carbocycles. The Hall–Kier alpha value is -2.44. The first-order chi connectivity index (χ1) is 11.0. The summed E-state index contributed by atoms with van der Waals surface area (Å²) >= 11 is 0. The Morgan fingerprint density at radius 3 is 2.52 bits per heavy atom. The van der Waals surface area contributed by atoms with E-state index in [-0.39, 0.29) is 12.5 Å². The van der Waals surface area contributed by atoms with E-state index >= 15 is 0 Å². The smallest absolute Gasteiger partial charge is 0.319 e. The number of carboxylic acids is 1. The lowest BCUT2D eigenvalue weighted by Crippen LogP contribution is -2.36. The van der Waals surface area contributed by atoms with Crippen LogP contribution in [0.3, 0.4) is 0 Å². The Morgan fingerprint density at radius 1 is 1.17 bits per heavy atom. The normalized spacial score (nSPS) is 14.3. The molecule has 7 nitrogen and oxygen atoms in total. The minimum atomic E-state index is -0.877. The highest BCUT2D eigenvalue weighted by molar-refractivity contribution is 5.89. The molecule has 1 aromatic rings. The van der Waals surface area contributed by atoms with Crippen molar-refractivity contribution in [3.63, 3.8) is 0 Å². The number of nitrogens with one attached hydrogen (secondary N) is 2. The zero-order chi connectivity index (χ0) is 16.9. The molecule has 0 saturated carbocycles. The molecule has 0 radical (unpaired) electrons. The second-order valence-corrected chi connectivity index (χ2v) is 5.36. The quantitative estimate of drug-likeness (QED) is 0.671. The van der Waals surface area contributed by atoms with E-state index in [1.165, 1.54) is 0 Å². The number of aliphatic carboxylic acids is 1. The average molecular weight is 322 g/mol. The van der Waals surface area contributed by atoms with Gasteiger partial charge in [0.1, 0.15) is 0 Å². The van der Waals surface area contributed by atoms with Crippen molar-refractivity contribution in [3.05, 3.63) is 18.2 Å². The summed E-state index contributed by atoms with van der Waals surface area (Å²) in [4.78, 5) is 22.1. The van der Waals surface area contributed by atoms with E-state index in [1.807, 2.05) is 13.8 Å². The Bertz CT molecular complexity index is 584. The molecule has 126 valence electrons. The highest BCUT2D eigenvalue weighted by atomic mass is 16.7. The van der Waals surface area contributed by atoms with Gasteiger partial charge in [-0.1, -0.05) is 13.8 Å². The van der Waals surface area contributed by atoms with Gasteiger partial charge in [-0.05, 0) is 18.6 Å². The predicted octanol–water partition coefficient (Wildman–Crippen LogP) is 2.96. The van der Waals surface area contributed by atoms with E-state index in [0.717, 1.165) is 12.8 Å². The molecule has 0 unspecified atom stereocenters. The van der Waals surface area contributed by atoms with Gasteiger partial charge < -0.3 is 25.2 Å². The molecule has 1 heterocycles. The second kappa shape index (κ2) is 7.21. The van der Waals surface area contributed by atoms with E-state index < -0.39 is 11.8 Å². The lowest BCUT2D eigenvalue weighted by Gasteiger charge is -2.24. The maximum absolute atomic E-state index is 11.8. The molecular weight excluding hydrogens is 300 g/mol. The maximum atomic E-state index is 11.8. The summed E-state index contributed by atoms with van der Waals surface area (Å²) in [5.41, 5.74) is 0.589. The highest BCUT2D eigenvalue weighted by Crippen LogP contribution is 2.43. The standard InChI is InChI=1S/C16H22N2O5/c1-3-16(4-2)22-12-8-7-11(10-13(12)23-16)18-15(21)17-9-5-6-14(19)20/h7-8,10H,3-6,9H2,1-2H3,(H,19,20)(H2,17,18,21). The number of amides is 2. The van der Waals surface area contributed by atoms with Crippen molar-refractivity contribution < 1.29 is 24.2 Å². The first-order valence-corrected chi connectivity index (χ1v) is 7.76. The maximum Gasteiger partial charge on any atom is 0.319 e. The van der Waals surface area contributed by atoms with Crippen LogP contribution in [0.4, 0.5) is 10.5 Å². The molecule has 0 spiro atoms. The van der Waals surface area contributed by atoms with E-state index in [0.29, 0.717) is 30.2 Å². The van der Waals surface area contributed by atoms with E-state index in [2.05, 4.69) is 10.6 Å². The zero-order valence-corrected chi connectivity index (χ0v) is 13.3. The fourth-order valence-corrected chi connectivity index (χ4v) is 2.33. The third-order valence-electron chi connectivity index (χ3n) is 3.72.